The van der Waals surface area contributed by atoms with Crippen molar-refractivity contribution in [3.05, 3.63) is 33.7 Å². The van der Waals surface area contributed by atoms with Crippen molar-refractivity contribution < 1.29 is 0 Å². The second-order valence-electron chi connectivity index (χ2n) is 4.84. The van der Waals surface area contributed by atoms with Crippen LogP contribution in [0.15, 0.2) is 23.0 Å². The minimum absolute atomic E-state index is 0.0441. The maximum Gasteiger partial charge on any atom is 0.330 e. The quantitative estimate of drug-likeness (QED) is 0.686. The topological polar surface area (TPSA) is 52.7 Å². The van der Waals surface area contributed by atoms with Crippen molar-refractivity contribution in [2.24, 2.45) is 7.05 Å². The van der Waals surface area contributed by atoms with Gasteiger partial charge < -0.3 is 0 Å². The Hall–Kier alpha value is -1.88. The van der Waals surface area contributed by atoms with Gasteiger partial charge in [0.15, 0.2) is 5.65 Å². The van der Waals surface area contributed by atoms with Gasteiger partial charge in [-0.05, 0) is 32.0 Å². The maximum absolute atomic E-state index is 12.3. The number of nitrogens with zero attached hydrogens (tertiary/aromatic N) is 4. The van der Waals surface area contributed by atoms with Crippen molar-refractivity contribution in [2.75, 3.05) is 0 Å². The van der Waals surface area contributed by atoms with Crippen LogP contribution < -0.4 is 5.69 Å². The molecule has 0 spiro atoms. The Morgan fingerprint density at radius 1 is 1.26 bits per heavy atom. The molecule has 6 heteroatoms. The fourth-order valence-electron chi connectivity index (χ4n) is 2.34. The Labute approximate surface area is 114 Å². The van der Waals surface area contributed by atoms with Gasteiger partial charge in [0, 0.05) is 23.5 Å². The lowest BCUT2D eigenvalue weighted by atomic mass is 10.2. The number of hydrogen-bond acceptors (Lipinski definition) is 3. The molecule has 0 aliphatic rings. The Kier molecular flexibility index (Phi) is 2.60. The van der Waals surface area contributed by atoms with Crippen LogP contribution in [-0.4, -0.2) is 19.3 Å². The fourth-order valence-corrected chi connectivity index (χ4v) is 2.52. The standard InChI is InChI=1S/C13H13ClN4O/c1-7(2)18-11-9-6-8(14)4-5-10(9)15-16-12(11)17(3)13(18)19/h4-7H,1-3H3. The summed E-state index contributed by atoms with van der Waals surface area (Å²) in [6.45, 7) is 3.94. The molecule has 3 rings (SSSR count). The molecular weight excluding hydrogens is 264 g/mol. The molecule has 0 bridgehead atoms. The third kappa shape index (κ3) is 1.65. The van der Waals surface area contributed by atoms with Crippen LogP contribution in [0.5, 0.6) is 0 Å². The minimum Gasteiger partial charge on any atom is -0.287 e. The van der Waals surface area contributed by atoms with E-state index in [-0.39, 0.29) is 11.7 Å². The summed E-state index contributed by atoms with van der Waals surface area (Å²) in [4.78, 5) is 12.3. The normalized spacial score (nSPS) is 11.8. The number of imidazole rings is 1. The average Bonchev–Trinajstić information content (AvgIpc) is 2.62. The van der Waals surface area contributed by atoms with Gasteiger partial charge in [-0.1, -0.05) is 11.6 Å². The van der Waals surface area contributed by atoms with Crippen molar-refractivity contribution in [2.45, 2.75) is 19.9 Å². The Morgan fingerprint density at radius 3 is 2.68 bits per heavy atom. The highest BCUT2D eigenvalue weighted by molar-refractivity contribution is 6.31. The van der Waals surface area contributed by atoms with Crippen molar-refractivity contribution >= 4 is 33.7 Å². The Balaban J connectivity index is 2.64. The first kappa shape index (κ1) is 12.2. The molecule has 0 amide bonds. The highest BCUT2D eigenvalue weighted by atomic mass is 35.5. The minimum atomic E-state index is -0.0909. The third-order valence-electron chi connectivity index (χ3n) is 3.25. The highest BCUT2D eigenvalue weighted by Crippen LogP contribution is 2.25. The number of halogens is 1. The molecule has 0 N–H and O–H groups in total. The van der Waals surface area contributed by atoms with Gasteiger partial charge in [-0.25, -0.2) is 4.79 Å². The van der Waals surface area contributed by atoms with E-state index >= 15 is 0 Å². The molecule has 98 valence electrons. The van der Waals surface area contributed by atoms with Crippen LogP contribution in [0.1, 0.15) is 19.9 Å². The molecule has 1 aromatic carbocycles. The van der Waals surface area contributed by atoms with E-state index in [0.717, 1.165) is 16.4 Å². The molecule has 0 unspecified atom stereocenters. The molecule has 0 aliphatic carbocycles. The van der Waals surface area contributed by atoms with Gasteiger partial charge in [0.05, 0.1) is 5.52 Å². The van der Waals surface area contributed by atoms with Crippen LogP contribution in [0.4, 0.5) is 0 Å². The first-order valence-electron chi connectivity index (χ1n) is 6.03. The third-order valence-corrected chi connectivity index (χ3v) is 3.48. The number of hydrogen-bond donors (Lipinski definition) is 0. The zero-order valence-corrected chi connectivity index (χ0v) is 11.6. The van der Waals surface area contributed by atoms with Gasteiger partial charge in [0.1, 0.15) is 5.52 Å². The molecule has 2 heterocycles. The van der Waals surface area contributed by atoms with Crippen molar-refractivity contribution in [3.63, 3.8) is 0 Å². The first-order valence-corrected chi connectivity index (χ1v) is 6.41. The van der Waals surface area contributed by atoms with Crippen LogP contribution in [0, 0.1) is 0 Å². The number of benzene rings is 1. The summed E-state index contributed by atoms with van der Waals surface area (Å²) >= 11 is 6.06. The maximum atomic E-state index is 12.3. The summed E-state index contributed by atoms with van der Waals surface area (Å²) in [5.74, 6) is 0. The van der Waals surface area contributed by atoms with E-state index in [1.807, 2.05) is 26.0 Å². The summed E-state index contributed by atoms with van der Waals surface area (Å²) in [6, 6.07) is 5.45. The second-order valence-corrected chi connectivity index (χ2v) is 5.28. The lowest BCUT2D eigenvalue weighted by molar-refractivity contribution is 0.584. The average molecular weight is 277 g/mol. The number of fused-ring (bicyclic) bond motifs is 3. The fraction of sp³-hybridized carbons (Fsp3) is 0.308. The van der Waals surface area contributed by atoms with E-state index in [1.165, 1.54) is 4.57 Å². The van der Waals surface area contributed by atoms with Crippen LogP contribution >= 0.6 is 11.6 Å². The van der Waals surface area contributed by atoms with Gasteiger partial charge >= 0.3 is 5.69 Å². The molecule has 3 aromatic rings. The monoisotopic (exact) mass is 276 g/mol. The number of aryl methyl sites for hydroxylation is 1. The van der Waals surface area contributed by atoms with Crippen molar-refractivity contribution in [3.8, 4) is 0 Å². The summed E-state index contributed by atoms with van der Waals surface area (Å²) in [6.07, 6.45) is 0. The predicted molar refractivity (Wildman–Crippen MR) is 75.7 cm³/mol. The van der Waals surface area contributed by atoms with Gasteiger partial charge in [-0.15, -0.1) is 10.2 Å². The summed E-state index contributed by atoms with van der Waals surface area (Å²) in [7, 11) is 1.70. The van der Waals surface area contributed by atoms with Gasteiger partial charge in [-0.2, -0.15) is 0 Å². The Morgan fingerprint density at radius 2 is 2.00 bits per heavy atom. The molecule has 2 aromatic heterocycles. The smallest absolute Gasteiger partial charge is 0.287 e. The van der Waals surface area contributed by atoms with E-state index in [4.69, 9.17) is 11.6 Å². The van der Waals surface area contributed by atoms with Gasteiger partial charge in [0.25, 0.3) is 0 Å². The molecule has 0 saturated carbocycles. The summed E-state index contributed by atoms with van der Waals surface area (Å²) in [5.41, 5.74) is 2.01. The summed E-state index contributed by atoms with van der Waals surface area (Å²) < 4.78 is 3.24. The van der Waals surface area contributed by atoms with Crippen LogP contribution in [0.2, 0.25) is 5.02 Å². The first-order chi connectivity index (χ1) is 9.00. The SMILES string of the molecule is CC(C)n1c(=O)n(C)c2nnc3ccc(Cl)cc3c21. The van der Waals surface area contributed by atoms with Gasteiger partial charge in [0.2, 0.25) is 0 Å². The van der Waals surface area contributed by atoms with E-state index in [0.29, 0.717) is 10.7 Å². The highest BCUT2D eigenvalue weighted by Gasteiger charge is 2.17. The van der Waals surface area contributed by atoms with E-state index < -0.39 is 0 Å². The van der Waals surface area contributed by atoms with E-state index in [2.05, 4.69) is 10.2 Å². The van der Waals surface area contributed by atoms with Crippen LogP contribution in [-0.2, 0) is 7.05 Å². The van der Waals surface area contributed by atoms with E-state index in [9.17, 15) is 4.79 Å². The zero-order valence-electron chi connectivity index (χ0n) is 10.9. The molecule has 0 aliphatic heterocycles. The van der Waals surface area contributed by atoms with E-state index in [1.54, 1.807) is 17.7 Å². The molecule has 0 saturated heterocycles. The molecule has 5 nitrogen and oxygen atoms in total. The molecule has 0 radical (unpaired) electrons. The lowest BCUT2D eigenvalue weighted by Gasteiger charge is -2.08. The molecule has 0 atom stereocenters. The molecule has 19 heavy (non-hydrogen) atoms. The Bertz CT molecular complexity index is 847. The molecule has 0 fully saturated rings. The molecular formula is C13H13ClN4O. The van der Waals surface area contributed by atoms with Crippen LogP contribution in [0.3, 0.4) is 0 Å². The van der Waals surface area contributed by atoms with Crippen molar-refractivity contribution in [1.29, 1.82) is 0 Å². The number of aromatic nitrogens is 4. The predicted octanol–water partition coefficient (Wildman–Crippen LogP) is 2.52. The lowest BCUT2D eigenvalue weighted by Crippen LogP contribution is -2.23. The largest absolute Gasteiger partial charge is 0.330 e. The number of rotatable bonds is 1. The summed E-state index contributed by atoms with van der Waals surface area (Å²) in [5, 5.41) is 9.76. The van der Waals surface area contributed by atoms with Crippen molar-refractivity contribution in [1.82, 2.24) is 19.3 Å². The van der Waals surface area contributed by atoms with Crippen LogP contribution in [0.25, 0.3) is 22.1 Å². The second kappa shape index (κ2) is 4.06. The van der Waals surface area contributed by atoms with Gasteiger partial charge in [-0.3, -0.25) is 9.13 Å². The zero-order chi connectivity index (χ0) is 13.7.